The average molecular weight is 443 g/mol. The Morgan fingerprint density at radius 3 is 2.39 bits per heavy atom. The lowest BCUT2D eigenvalue weighted by Crippen LogP contribution is -2.18. The van der Waals surface area contributed by atoms with Crippen molar-refractivity contribution in [3.63, 3.8) is 0 Å². The minimum atomic E-state index is -0.358. The molecule has 2 amide bonds. The zero-order valence-corrected chi connectivity index (χ0v) is 17.2. The van der Waals surface area contributed by atoms with Gasteiger partial charge in [-0.15, -0.1) is 0 Å². The van der Waals surface area contributed by atoms with Gasteiger partial charge in [0.2, 0.25) is 0 Å². The van der Waals surface area contributed by atoms with Crippen LogP contribution in [0.4, 0.5) is 11.4 Å². The number of hydrogen-bond donors (Lipinski definition) is 2. The highest BCUT2D eigenvalue weighted by Gasteiger charge is 2.21. The second kappa shape index (κ2) is 8.31. The van der Waals surface area contributed by atoms with Gasteiger partial charge in [-0.2, -0.15) is 0 Å². The summed E-state index contributed by atoms with van der Waals surface area (Å²) in [4.78, 5) is 25.5. The molecule has 1 aromatic heterocycles. The van der Waals surface area contributed by atoms with Crippen LogP contribution in [0, 0.1) is 13.8 Å². The zero-order chi connectivity index (χ0) is 20.3. The number of carbonyl (C=O) groups is 2. The molecule has 0 unspecified atom stereocenters. The van der Waals surface area contributed by atoms with E-state index >= 15 is 0 Å². The summed E-state index contributed by atoms with van der Waals surface area (Å²) in [5.74, 6) is 1.05. The minimum absolute atomic E-state index is 0.340. The molecule has 0 aliphatic heterocycles. The number of methoxy groups -OCH3 is 1. The molecule has 144 valence electrons. The Bertz CT molecular complexity index is 1040. The number of rotatable bonds is 5. The number of aryl methyl sites for hydroxylation is 2. The van der Waals surface area contributed by atoms with Crippen molar-refractivity contribution in [2.75, 3.05) is 17.7 Å². The van der Waals surface area contributed by atoms with E-state index in [1.54, 1.807) is 69.5 Å². The predicted molar refractivity (Wildman–Crippen MR) is 111 cm³/mol. The Morgan fingerprint density at radius 1 is 0.964 bits per heavy atom. The third-order valence-corrected chi connectivity index (χ3v) is 5.12. The highest BCUT2D eigenvalue weighted by atomic mass is 79.9. The molecule has 7 heteroatoms. The van der Waals surface area contributed by atoms with E-state index in [-0.39, 0.29) is 11.8 Å². The monoisotopic (exact) mass is 442 g/mol. The molecule has 2 N–H and O–H groups in total. The van der Waals surface area contributed by atoms with E-state index in [0.29, 0.717) is 44.2 Å². The van der Waals surface area contributed by atoms with Crippen molar-refractivity contribution < 1.29 is 18.7 Å². The Balaban J connectivity index is 1.84. The topological polar surface area (TPSA) is 80.6 Å². The van der Waals surface area contributed by atoms with E-state index in [9.17, 15) is 9.59 Å². The lowest BCUT2D eigenvalue weighted by molar-refractivity contribution is 0.102. The SMILES string of the molecule is COc1cccc(NC(=O)c2ccccc2NC(=O)c2c(C)oc(C)c2Br)c1. The summed E-state index contributed by atoms with van der Waals surface area (Å²) in [6, 6.07) is 13.9. The van der Waals surface area contributed by atoms with Crippen LogP contribution in [0.1, 0.15) is 32.2 Å². The number of amides is 2. The molecule has 0 aliphatic rings. The first kappa shape index (κ1) is 19.7. The predicted octanol–water partition coefficient (Wildman–Crippen LogP) is 5.17. The number of carbonyl (C=O) groups excluding carboxylic acids is 2. The maximum Gasteiger partial charge on any atom is 0.260 e. The third-order valence-electron chi connectivity index (χ3n) is 4.16. The highest BCUT2D eigenvalue weighted by Crippen LogP contribution is 2.29. The van der Waals surface area contributed by atoms with Crippen LogP contribution < -0.4 is 15.4 Å². The Labute approximate surface area is 171 Å². The van der Waals surface area contributed by atoms with E-state index in [1.165, 1.54) is 0 Å². The fourth-order valence-corrected chi connectivity index (χ4v) is 3.33. The van der Waals surface area contributed by atoms with Crippen molar-refractivity contribution in [3.8, 4) is 5.75 Å². The fourth-order valence-electron chi connectivity index (χ4n) is 2.79. The lowest BCUT2D eigenvalue weighted by Gasteiger charge is -2.12. The van der Waals surface area contributed by atoms with Crippen molar-refractivity contribution >= 4 is 39.1 Å². The molecule has 2 aromatic carbocycles. The molecule has 1 heterocycles. The van der Waals surface area contributed by atoms with E-state index in [4.69, 9.17) is 9.15 Å². The second-order valence-electron chi connectivity index (χ2n) is 6.09. The first-order valence-electron chi connectivity index (χ1n) is 8.52. The van der Waals surface area contributed by atoms with Gasteiger partial charge in [-0.05, 0) is 54.0 Å². The van der Waals surface area contributed by atoms with Crippen LogP contribution >= 0.6 is 15.9 Å². The van der Waals surface area contributed by atoms with Crippen LogP contribution in [-0.2, 0) is 0 Å². The summed E-state index contributed by atoms with van der Waals surface area (Å²) in [5, 5.41) is 5.61. The number of nitrogens with one attached hydrogen (secondary N) is 2. The van der Waals surface area contributed by atoms with Crippen LogP contribution in [0.2, 0.25) is 0 Å². The number of anilines is 2. The number of hydrogen-bond acceptors (Lipinski definition) is 4. The van der Waals surface area contributed by atoms with Gasteiger partial charge in [0.05, 0.1) is 28.4 Å². The van der Waals surface area contributed by atoms with Crippen molar-refractivity contribution in [1.29, 1.82) is 0 Å². The van der Waals surface area contributed by atoms with E-state index in [0.717, 1.165) is 0 Å². The van der Waals surface area contributed by atoms with Gasteiger partial charge in [0.1, 0.15) is 17.3 Å². The second-order valence-corrected chi connectivity index (χ2v) is 6.88. The molecule has 3 rings (SSSR count). The average Bonchev–Trinajstić information content (AvgIpc) is 2.94. The molecular weight excluding hydrogens is 424 g/mol. The molecule has 0 atom stereocenters. The molecule has 6 nitrogen and oxygen atoms in total. The van der Waals surface area contributed by atoms with Gasteiger partial charge in [0.15, 0.2) is 0 Å². The maximum atomic E-state index is 12.8. The summed E-state index contributed by atoms with van der Waals surface area (Å²) >= 11 is 3.37. The van der Waals surface area contributed by atoms with E-state index in [1.807, 2.05) is 0 Å². The first-order chi connectivity index (χ1) is 13.4. The van der Waals surface area contributed by atoms with Gasteiger partial charge in [0, 0.05) is 11.8 Å². The summed E-state index contributed by atoms with van der Waals surface area (Å²) in [6.45, 7) is 3.48. The maximum absolute atomic E-state index is 12.8. The smallest absolute Gasteiger partial charge is 0.260 e. The Hall–Kier alpha value is -3.06. The van der Waals surface area contributed by atoms with Crippen LogP contribution in [0.15, 0.2) is 57.4 Å². The van der Waals surface area contributed by atoms with Gasteiger partial charge in [-0.25, -0.2) is 0 Å². The van der Waals surface area contributed by atoms with Gasteiger partial charge >= 0.3 is 0 Å². The molecule has 0 saturated heterocycles. The summed E-state index contributed by atoms with van der Waals surface area (Å²) in [7, 11) is 1.56. The van der Waals surface area contributed by atoms with Crippen molar-refractivity contribution in [2.24, 2.45) is 0 Å². The third kappa shape index (κ3) is 4.09. The standard InChI is InChI=1S/C21H19BrN2O4/c1-12-18(19(22)13(2)28-12)21(26)24-17-10-5-4-9-16(17)20(25)23-14-7-6-8-15(11-14)27-3/h4-11H,1-3H3,(H,23,25)(H,24,26). The normalized spacial score (nSPS) is 10.4. The molecule has 0 spiro atoms. The fraction of sp³-hybridized carbons (Fsp3) is 0.143. The van der Waals surface area contributed by atoms with Crippen molar-refractivity contribution in [2.45, 2.75) is 13.8 Å². The van der Waals surface area contributed by atoms with Gasteiger partial charge in [-0.3, -0.25) is 9.59 Å². The summed E-state index contributed by atoms with van der Waals surface area (Å²) in [5.41, 5.74) is 1.74. The largest absolute Gasteiger partial charge is 0.497 e. The van der Waals surface area contributed by atoms with Crippen LogP contribution in [0.25, 0.3) is 0 Å². The van der Waals surface area contributed by atoms with E-state index < -0.39 is 0 Å². The van der Waals surface area contributed by atoms with Gasteiger partial charge < -0.3 is 19.8 Å². The molecular formula is C21H19BrN2O4. The highest BCUT2D eigenvalue weighted by molar-refractivity contribution is 9.10. The molecule has 0 saturated carbocycles. The summed E-state index contributed by atoms with van der Waals surface area (Å²) < 4.78 is 11.3. The van der Waals surface area contributed by atoms with Crippen LogP contribution in [0.3, 0.4) is 0 Å². The Kier molecular flexibility index (Phi) is 5.84. The van der Waals surface area contributed by atoms with Crippen molar-refractivity contribution in [3.05, 3.63) is 75.7 Å². The molecule has 3 aromatic rings. The molecule has 0 bridgehead atoms. The number of benzene rings is 2. The summed E-state index contributed by atoms with van der Waals surface area (Å²) in [6.07, 6.45) is 0. The molecule has 0 radical (unpaired) electrons. The van der Waals surface area contributed by atoms with Crippen molar-refractivity contribution in [1.82, 2.24) is 0 Å². The van der Waals surface area contributed by atoms with Gasteiger partial charge in [0.25, 0.3) is 11.8 Å². The lowest BCUT2D eigenvalue weighted by atomic mass is 10.1. The number of furan rings is 1. The number of ether oxygens (including phenoxy) is 1. The van der Waals surface area contributed by atoms with Crippen LogP contribution in [-0.4, -0.2) is 18.9 Å². The molecule has 28 heavy (non-hydrogen) atoms. The zero-order valence-electron chi connectivity index (χ0n) is 15.6. The number of para-hydroxylation sites is 1. The Morgan fingerprint density at radius 2 is 1.71 bits per heavy atom. The van der Waals surface area contributed by atoms with Crippen LogP contribution in [0.5, 0.6) is 5.75 Å². The number of halogens is 1. The molecule has 0 fully saturated rings. The quantitative estimate of drug-likeness (QED) is 0.570. The minimum Gasteiger partial charge on any atom is -0.497 e. The first-order valence-corrected chi connectivity index (χ1v) is 9.31. The van der Waals surface area contributed by atoms with E-state index in [2.05, 4.69) is 26.6 Å². The van der Waals surface area contributed by atoms with Gasteiger partial charge in [-0.1, -0.05) is 18.2 Å². The molecule has 0 aliphatic carbocycles.